The second-order valence-electron chi connectivity index (χ2n) is 5.70. The summed E-state index contributed by atoms with van der Waals surface area (Å²) in [4.78, 5) is 13.4. The molecule has 160 valence electrons. The highest BCUT2D eigenvalue weighted by atomic mass is 35.5. The van der Waals surface area contributed by atoms with E-state index in [4.69, 9.17) is 66.5 Å². The predicted molar refractivity (Wildman–Crippen MR) is 119 cm³/mol. The Hall–Kier alpha value is -1.84. The van der Waals surface area contributed by atoms with E-state index in [1.54, 1.807) is 48.6 Å². The molecule has 0 aliphatic heterocycles. The van der Waals surface area contributed by atoms with Crippen molar-refractivity contribution in [3.05, 3.63) is 85.3 Å². The van der Waals surface area contributed by atoms with Crippen molar-refractivity contribution in [2.45, 2.75) is 16.7 Å². The van der Waals surface area contributed by atoms with Crippen molar-refractivity contribution >= 4 is 58.2 Å². The number of ether oxygens (including phenoxy) is 1. The lowest BCUT2D eigenvalue weighted by Gasteiger charge is -2.19. The first-order valence-electron chi connectivity index (χ1n) is 8.23. The average Bonchev–Trinajstić information content (AvgIpc) is 3.15. The Morgan fingerprint density at radius 2 is 1.77 bits per heavy atom. The van der Waals surface area contributed by atoms with E-state index in [-0.39, 0.29) is 5.25 Å². The molecule has 3 rings (SSSR count). The Balaban J connectivity index is 0.000000735. The number of rotatable bonds is 7. The van der Waals surface area contributed by atoms with Gasteiger partial charge in [0.25, 0.3) is 5.09 Å². The first-order valence-corrected chi connectivity index (χ1v) is 10.6. The van der Waals surface area contributed by atoms with Crippen LogP contribution in [0.2, 0.25) is 20.1 Å². The number of hydrogen-bond acceptors (Lipinski definition) is 5. The van der Waals surface area contributed by atoms with Crippen LogP contribution in [0.25, 0.3) is 0 Å². The summed E-state index contributed by atoms with van der Waals surface area (Å²) >= 11 is 26.0. The minimum absolute atomic E-state index is 0.0784. The van der Waals surface area contributed by atoms with Gasteiger partial charge in [0.05, 0.1) is 21.6 Å². The summed E-state index contributed by atoms with van der Waals surface area (Å²) in [6.45, 7) is 1.14. The molecule has 0 saturated carbocycles. The van der Waals surface area contributed by atoms with E-state index in [9.17, 15) is 0 Å². The van der Waals surface area contributed by atoms with Crippen LogP contribution < -0.4 is 4.74 Å². The Bertz CT molecular complexity index is 972. The fraction of sp³-hybridized carbons (Fsp3) is 0.167. The van der Waals surface area contributed by atoms with Crippen LogP contribution >= 0.6 is 58.2 Å². The highest BCUT2D eigenvalue weighted by Crippen LogP contribution is 2.34. The summed E-state index contributed by atoms with van der Waals surface area (Å²) in [5.74, 6) is 0.592. The van der Waals surface area contributed by atoms with E-state index in [1.165, 1.54) is 0 Å². The van der Waals surface area contributed by atoms with Crippen molar-refractivity contribution < 1.29 is 15.0 Å². The Labute approximate surface area is 196 Å². The number of thioether (sulfide) groups is 1. The monoisotopic (exact) mass is 509 g/mol. The zero-order valence-electron chi connectivity index (χ0n) is 15.1. The quantitative estimate of drug-likeness (QED) is 0.225. The van der Waals surface area contributed by atoms with Crippen LogP contribution in [0.4, 0.5) is 0 Å². The zero-order chi connectivity index (χ0) is 22.1. The molecule has 0 spiro atoms. The van der Waals surface area contributed by atoms with Gasteiger partial charge in [-0.2, -0.15) is 0 Å². The molecule has 1 aromatic heterocycles. The van der Waals surface area contributed by atoms with E-state index in [1.807, 2.05) is 22.9 Å². The molecule has 0 radical (unpaired) electrons. The molecule has 2 aromatic carbocycles. The van der Waals surface area contributed by atoms with Gasteiger partial charge in [0.1, 0.15) is 12.4 Å². The molecular weight excluding hydrogens is 496 g/mol. The molecule has 30 heavy (non-hydrogen) atoms. The van der Waals surface area contributed by atoms with Gasteiger partial charge < -0.3 is 14.5 Å². The van der Waals surface area contributed by atoms with Crippen molar-refractivity contribution in [2.75, 3.05) is 6.61 Å². The van der Waals surface area contributed by atoms with E-state index >= 15 is 0 Å². The summed E-state index contributed by atoms with van der Waals surface area (Å²) in [5.41, 5.74) is 0. The SMILES string of the molecule is Clc1ccc(OCC(Cn2ccnc2)Sc2ccc(Cl)cc2Cl)c(Cl)c1.O=[N+]([O-])O. The van der Waals surface area contributed by atoms with Crippen LogP contribution in [0.15, 0.2) is 60.0 Å². The molecule has 7 nitrogen and oxygen atoms in total. The maximum Gasteiger partial charge on any atom is 0.291 e. The van der Waals surface area contributed by atoms with Gasteiger partial charge in [0.15, 0.2) is 0 Å². The van der Waals surface area contributed by atoms with Crippen molar-refractivity contribution in [1.29, 1.82) is 0 Å². The van der Waals surface area contributed by atoms with E-state index < -0.39 is 5.09 Å². The average molecular weight is 511 g/mol. The summed E-state index contributed by atoms with van der Waals surface area (Å²) in [5, 5.41) is 16.0. The lowest BCUT2D eigenvalue weighted by atomic mass is 10.3. The Morgan fingerprint density at radius 1 is 1.13 bits per heavy atom. The molecule has 0 fully saturated rings. The van der Waals surface area contributed by atoms with Gasteiger partial charge in [0.2, 0.25) is 0 Å². The Kier molecular flexibility index (Phi) is 9.87. The van der Waals surface area contributed by atoms with E-state index in [0.717, 1.165) is 4.90 Å². The molecule has 1 unspecified atom stereocenters. The van der Waals surface area contributed by atoms with Gasteiger partial charge in [-0.15, -0.1) is 21.9 Å². The van der Waals surface area contributed by atoms with E-state index in [2.05, 4.69) is 4.98 Å². The molecule has 0 aliphatic carbocycles. The largest absolute Gasteiger partial charge is 0.491 e. The standard InChI is InChI=1S/C18H14Cl4N2OS.HNO3/c19-12-1-3-17(15(21)7-12)25-10-14(9-24-6-5-23-11-24)26-18-4-2-13(20)8-16(18)22;2-1(3)4/h1-8,11,14H,9-10H2;(H,2,3,4). The molecule has 0 amide bonds. The van der Waals surface area contributed by atoms with Gasteiger partial charge in [-0.1, -0.05) is 46.4 Å². The maximum atomic E-state index is 8.36. The second kappa shape index (κ2) is 12.1. The van der Waals surface area contributed by atoms with Gasteiger partial charge in [-0.3, -0.25) is 0 Å². The minimum atomic E-state index is -1.50. The molecule has 0 bridgehead atoms. The number of imidazole rings is 1. The third kappa shape index (κ3) is 8.49. The molecule has 1 heterocycles. The molecule has 1 atom stereocenters. The number of hydrogen-bond donors (Lipinski definition) is 1. The summed E-state index contributed by atoms with van der Waals surface area (Å²) in [6, 6.07) is 10.6. The van der Waals surface area contributed by atoms with Crippen molar-refractivity contribution in [1.82, 2.24) is 9.55 Å². The first-order chi connectivity index (χ1) is 14.2. The molecule has 1 N–H and O–H groups in total. The fourth-order valence-corrected chi connectivity index (χ4v) is 4.34. The first kappa shape index (κ1) is 24.4. The number of halogens is 4. The third-order valence-corrected chi connectivity index (χ3v) is 5.90. The smallest absolute Gasteiger partial charge is 0.291 e. The molecule has 0 aliphatic rings. The molecule has 12 heteroatoms. The fourth-order valence-electron chi connectivity index (χ4n) is 2.28. The zero-order valence-corrected chi connectivity index (χ0v) is 19.0. The highest BCUT2D eigenvalue weighted by molar-refractivity contribution is 8.00. The van der Waals surface area contributed by atoms with E-state index in [0.29, 0.717) is 39.0 Å². The lowest BCUT2D eigenvalue weighted by molar-refractivity contribution is -0.742. The van der Waals surface area contributed by atoms with Crippen LogP contribution in [0.1, 0.15) is 0 Å². The second-order valence-corrected chi connectivity index (χ2v) is 8.73. The predicted octanol–water partition coefficient (Wildman–Crippen LogP) is 6.39. The molecule has 3 aromatic rings. The number of nitrogens with zero attached hydrogens (tertiary/aromatic N) is 3. The normalized spacial score (nSPS) is 11.3. The summed E-state index contributed by atoms with van der Waals surface area (Å²) in [7, 11) is 0. The van der Waals surface area contributed by atoms with Gasteiger partial charge in [0, 0.05) is 33.9 Å². The van der Waals surface area contributed by atoms with Gasteiger partial charge >= 0.3 is 0 Å². The van der Waals surface area contributed by atoms with Crippen molar-refractivity contribution in [3.63, 3.8) is 0 Å². The lowest BCUT2D eigenvalue weighted by Crippen LogP contribution is -2.20. The highest BCUT2D eigenvalue weighted by Gasteiger charge is 2.16. The van der Waals surface area contributed by atoms with Crippen LogP contribution in [-0.2, 0) is 6.54 Å². The molecular formula is C18H15Cl4N3O4S. The topological polar surface area (TPSA) is 90.4 Å². The number of benzene rings is 2. The Morgan fingerprint density at radius 3 is 2.33 bits per heavy atom. The van der Waals surface area contributed by atoms with Crippen molar-refractivity contribution in [3.8, 4) is 5.75 Å². The van der Waals surface area contributed by atoms with Gasteiger partial charge in [-0.25, -0.2) is 4.98 Å². The maximum absolute atomic E-state index is 8.36. The number of aromatic nitrogens is 2. The van der Waals surface area contributed by atoms with Crippen LogP contribution in [-0.4, -0.2) is 31.7 Å². The van der Waals surface area contributed by atoms with Crippen molar-refractivity contribution in [2.24, 2.45) is 0 Å². The van der Waals surface area contributed by atoms with Gasteiger partial charge in [-0.05, 0) is 36.4 Å². The summed E-state index contributed by atoms with van der Waals surface area (Å²) in [6.07, 6.45) is 5.42. The molecule has 0 saturated heterocycles. The summed E-state index contributed by atoms with van der Waals surface area (Å²) < 4.78 is 7.92. The minimum Gasteiger partial charge on any atom is -0.491 e. The van der Waals surface area contributed by atoms with Crippen LogP contribution in [0, 0.1) is 10.1 Å². The third-order valence-electron chi connectivity index (χ3n) is 3.48. The van der Waals surface area contributed by atoms with Crippen LogP contribution in [0.5, 0.6) is 5.75 Å². The van der Waals surface area contributed by atoms with Crippen LogP contribution in [0.3, 0.4) is 0 Å².